The first-order valence-electron chi connectivity index (χ1n) is 5.43. The second-order valence-electron chi connectivity index (χ2n) is 4.88. The molecule has 0 aliphatic carbocycles. The molecule has 86 valence electrons. The average molecular weight is 275 g/mol. The van der Waals surface area contributed by atoms with Gasteiger partial charge in [-0.15, -0.1) is 0 Å². The molecule has 0 spiro atoms. The van der Waals surface area contributed by atoms with Crippen molar-refractivity contribution in [2.75, 3.05) is 0 Å². The van der Waals surface area contributed by atoms with Gasteiger partial charge in [0.25, 0.3) is 5.91 Å². The van der Waals surface area contributed by atoms with Gasteiger partial charge in [0, 0.05) is 0 Å². The quantitative estimate of drug-likeness (QED) is 0.729. The monoisotopic (exact) mass is 274 g/mol. The summed E-state index contributed by atoms with van der Waals surface area (Å²) in [6.07, 6.45) is 3.12. The molecule has 0 bridgehead atoms. The van der Waals surface area contributed by atoms with E-state index in [-0.39, 0.29) is 16.3 Å². The first-order valence-corrected chi connectivity index (χ1v) is 6.35. The van der Waals surface area contributed by atoms with E-state index in [2.05, 4.69) is 28.0 Å². The second kappa shape index (κ2) is 4.64. The first-order chi connectivity index (χ1) is 6.88. The van der Waals surface area contributed by atoms with E-state index in [9.17, 15) is 4.79 Å². The lowest BCUT2D eigenvalue weighted by molar-refractivity contribution is -0.132. The highest BCUT2D eigenvalue weighted by Crippen LogP contribution is 2.26. The van der Waals surface area contributed by atoms with Crippen LogP contribution in [0, 0.1) is 0 Å². The van der Waals surface area contributed by atoms with Gasteiger partial charge < -0.3 is 0 Å². The highest BCUT2D eigenvalue weighted by atomic mass is 79.9. The van der Waals surface area contributed by atoms with Gasteiger partial charge in [0.15, 0.2) is 0 Å². The number of hydrazone groups is 1. The normalized spacial score (nSPS) is 22.2. The lowest BCUT2D eigenvalue weighted by Crippen LogP contribution is -2.41. The minimum Gasteiger partial charge on any atom is -0.271 e. The summed E-state index contributed by atoms with van der Waals surface area (Å²) in [6.45, 7) is 8.13. The summed E-state index contributed by atoms with van der Waals surface area (Å²) in [7, 11) is 0. The highest BCUT2D eigenvalue weighted by molar-refractivity contribution is 9.10. The predicted octanol–water partition coefficient (Wildman–Crippen LogP) is 2.94. The van der Waals surface area contributed by atoms with Gasteiger partial charge in [0.2, 0.25) is 0 Å². The average Bonchev–Trinajstić information content (AvgIpc) is 2.41. The van der Waals surface area contributed by atoms with Crippen molar-refractivity contribution in [3.8, 4) is 0 Å². The molecule has 1 unspecified atom stereocenters. The van der Waals surface area contributed by atoms with Gasteiger partial charge in [-0.2, -0.15) is 5.10 Å². The smallest absolute Gasteiger partial charge is 0.262 e. The molecule has 3 nitrogen and oxygen atoms in total. The summed E-state index contributed by atoms with van der Waals surface area (Å²) in [5.41, 5.74) is 0.744. The van der Waals surface area contributed by atoms with Crippen molar-refractivity contribution >= 4 is 27.5 Å². The number of hydrogen-bond acceptors (Lipinski definition) is 2. The van der Waals surface area contributed by atoms with E-state index in [1.807, 2.05) is 20.8 Å². The zero-order chi connectivity index (χ0) is 11.6. The Morgan fingerprint density at radius 2 is 2.07 bits per heavy atom. The summed E-state index contributed by atoms with van der Waals surface area (Å²) in [5, 5.41) is 6.01. The molecule has 0 N–H and O–H groups in total. The van der Waals surface area contributed by atoms with Crippen molar-refractivity contribution in [2.45, 2.75) is 57.3 Å². The summed E-state index contributed by atoms with van der Waals surface area (Å²) < 4.78 is 0. The summed E-state index contributed by atoms with van der Waals surface area (Å²) >= 11 is 3.41. The topological polar surface area (TPSA) is 32.7 Å². The maximum atomic E-state index is 11.9. The van der Waals surface area contributed by atoms with E-state index < -0.39 is 0 Å². The van der Waals surface area contributed by atoms with Crippen molar-refractivity contribution in [3.05, 3.63) is 0 Å². The molecule has 0 radical (unpaired) electrons. The molecule has 15 heavy (non-hydrogen) atoms. The fraction of sp³-hybridized carbons (Fsp3) is 0.818. The Balaban J connectivity index is 2.78. The maximum Gasteiger partial charge on any atom is 0.262 e. The summed E-state index contributed by atoms with van der Waals surface area (Å²) in [4.78, 5) is 11.7. The van der Waals surface area contributed by atoms with E-state index in [1.165, 1.54) is 0 Å². The standard InChI is InChI=1S/C11H19BrN2O/c1-5-6-7-8-9(12)10(15)14(13-8)11(2,3)4/h9H,5-7H2,1-4H3. The van der Waals surface area contributed by atoms with Gasteiger partial charge in [-0.1, -0.05) is 29.3 Å². The Bertz CT molecular complexity index is 281. The van der Waals surface area contributed by atoms with E-state index in [0.717, 1.165) is 25.0 Å². The van der Waals surface area contributed by atoms with Gasteiger partial charge in [0.05, 0.1) is 11.3 Å². The van der Waals surface area contributed by atoms with Gasteiger partial charge in [-0.25, -0.2) is 5.01 Å². The molecule has 0 aromatic rings. The Morgan fingerprint density at radius 3 is 2.47 bits per heavy atom. The predicted molar refractivity (Wildman–Crippen MR) is 66.3 cm³/mol. The van der Waals surface area contributed by atoms with Gasteiger partial charge in [-0.3, -0.25) is 4.79 Å². The number of rotatable bonds is 3. The highest BCUT2D eigenvalue weighted by Gasteiger charge is 2.38. The van der Waals surface area contributed by atoms with Gasteiger partial charge in [-0.05, 0) is 33.6 Å². The lowest BCUT2D eigenvalue weighted by Gasteiger charge is -2.27. The number of carbonyl (C=O) groups excluding carboxylic acids is 1. The number of carbonyl (C=O) groups is 1. The van der Waals surface area contributed by atoms with Crippen LogP contribution in [0.1, 0.15) is 47.0 Å². The van der Waals surface area contributed by atoms with Crippen molar-refractivity contribution < 1.29 is 4.79 Å². The zero-order valence-electron chi connectivity index (χ0n) is 9.88. The first kappa shape index (κ1) is 12.7. The molecule has 0 aromatic carbocycles. The largest absolute Gasteiger partial charge is 0.271 e. The number of nitrogens with zero attached hydrogens (tertiary/aromatic N) is 2. The molecule has 0 saturated heterocycles. The number of alkyl halides is 1. The van der Waals surface area contributed by atoms with Crippen molar-refractivity contribution in [3.63, 3.8) is 0 Å². The molecule has 1 aliphatic rings. The number of unbranched alkanes of at least 4 members (excludes halogenated alkanes) is 1. The van der Waals surface area contributed by atoms with Crippen LogP contribution in [0.2, 0.25) is 0 Å². The molecule has 0 fully saturated rings. The molecular weight excluding hydrogens is 256 g/mol. The molecule has 4 heteroatoms. The maximum absolute atomic E-state index is 11.9. The van der Waals surface area contributed by atoms with Crippen molar-refractivity contribution in [1.82, 2.24) is 5.01 Å². The summed E-state index contributed by atoms with van der Waals surface area (Å²) in [6, 6.07) is 0. The van der Waals surface area contributed by atoms with Crippen LogP contribution in [-0.2, 0) is 4.79 Å². The molecule has 1 amide bonds. The van der Waals surface area contributed by atoms with Crippen molar-refractivity contribution in [1.29, 1.82) is 0 Å². The third kappa shape index (κ3) is 2.80. The minimum atomic E-state index is -0.225. The molecule has 1 heterocycles. The Hall–Kier alpha value is -0.380. The van der Waals surface area contributed by atoms with E-state index in [4.69, 9.17) is 0 Å². The third-order valence-corrected chi connectivity index (χ3v) is 3.29. The number of hydrogen-bond donors (Lipinski definition) is 0. The van der Waals surface area contributed by atoms with Gasteiger partial charge >= 0.3 is 0 Å². The van der Waals surface area contributed by atoms with E-state index >= 15 is 0 Å². The van der Waals surface area contributed by atoms with Crippen LogP contribution in [0.15, 0.2) is 5.10 Å². The molecule has 0 saturated carbocycles. The van der Waals surface area contributed by atoms with E-state index in [1.54, 1.807) is 5.01 Å². The Labute approximate surface area is 100 Å². The molecule has 1 aliphatic heterocycles. The zero-order valence-corrected chi connectivity index (χ0v) is 11.5. The third-order valence-electron chi connectivity index (χ3n) is 2.37. The van der Waals surface area contributed by atoms with Crippen LogP contribution < -0.4 is 0 Å². The second-order valence-corrected chi connectivity index (χ2v) is 5.79. The van der Waals surface area contributed by atoms with E-state index in [0.29, 0.717) is 0 Å². The molecular formula is C11H19BrN2O. The van der Waals surface area contributed by atoms with Crippen LogP contribution in [0.25, 0.3) is 0 Å². The Morgan fingerprint density at radius 1 is 1.47 bits per heavy atom. The van der Waals surface area contributed by atoms with Crippen LogP contribution in [0.3, 0.4) is 0 Å². The number of amides is 1. The minimum absolute atomic E-state index is 0.0635. The summed E-state index contributed by atoms with van der Waals surface area (Å²) in [5.74, 6) is 0.0635. The fourth-order valence-corrected chi connectivity index (χ4v) is 2.01. The fourth-order valence-electron chi connectivity index (χ4n) is 1.49. The molecule has 1 rings (SSSR count). The Kier molecular flexibility index (Phi) is 3.93. The van der Waals surface area contributed by atoms with Crippen LogP contribution in [0.4, 0.5) is 0 Å². The SMILES string of the molecule is CCCCC1=NN(C(C)(C)C)C(=O)C1Br. The van der Waals surface area contributed by atoms with Crippen molar-refractivity contribution in [2.24, 2.45) is 5.10 Å². The van der Waals surface area contributed by atoms with Gasteiger partial charge in [0.1, 0.15) is 4.83 Å². The lowest BCUT2D eigenvalue weighted by atomic mass is 10.1. The number of halogens is 1. The molecule has 0 aromatic heterocycles. The van der Waals surface area contributed by atoms with Crippen LogP contribution >= 0.6 is 15.9 Å². The van der Waals surface area contributed by atoms with Crippen LogP contribution in [0.5, 0.6) is 0 Å². The molecule has 1 atom stereocenters. The van der Waals surface area contributed by atoms with Crippen LogP contribution in [-0.4, -0.2) is 27.0 Å².